The molecule has 1 aromatic heterocycles. The third kappa shape index (κ3) is 3.07. The smallest absolute Gasteiger partial charge is 0.256 e. The maximum absolute atomic E-state index is 13.8. The predicted molar refractivity (Wildman–Crippen MR) is 85.5 cm³/mol. The van der Waals surface area contributed by atoms with Crippen molar-refractivity contribution >= 4 is 40.4 Å². The molecule has 0 saturated heterocycles. The number of allylic oxidation sites excluding steroid dienone is 1. The predicted octanol–water partition coefficient (Wildman–Crippen LogP) is 4.63. The molecule has 1 amide bonds. The Kier molecular flexibility index (Phi) is 4.33. The van der Waals surface area contributed by atoms with Gasteiger partial charge in [0.05, 0.1) is 10.7 Å². The van der Waals surface area contributed by atoms with E-state index in [4.69, 9.17) is 23.2 Å². The molecular weight excluding hydrogens is 345 g/mol. The lowest BCUT2D eigenvalue weighted by atomic mass is 10.0. The first kappa shape index (κ1) is 15.9. The summed E-state index contributed by atoms with van der Waals surface area (Å²) < 4.78 is 27.3. The van der Waals surface area contributed by atoms with Gasteiger partial charge in [-0.1, -0.05) is 29.3 Å². The van der Waals surface area contributed by atoms with Crippen LogP contribution < -0.4 is 5.32 Å². The van der Waals surface area contributed by atoms with Gasteiger partial charge in [-0.25, -0.2) is 13.8 Å². The minimum atomic E-state index is -0.597. The lowest BCUT2D eigenvalue weighted by Crippen LogP contribution is -2.03. The van der Waals surface area contributed by atoms with E-state index in [1.54, 1.807) is 6.08 Å². The molecule has 0 aliphatic carbocycles. The number of hydrogen-bond donors (Lipinski definition) is 1. The van der Waals surface area contributed by atoms with Crippen molar-refractivity contribution in [2.45, 2.75) is 12.8 Å². The van der Waals surface area contributed by atoms with Gasteiger partial charge in [-0.3, -0.25) is 4.79 Å². The number of amides is 1. The normalized spacial score (nSPS) is 15.0. The van der Waals surface area contributed by atoms with Gasteiger partial charge in [0.2, 0.25) is 0 Å². The molecule has 2 heterocycles. The van der Waals surface area contributed by atoms with Crippen LogP contribution in [0.4, 0.5) is 14.5 Å². The van der Waals surface area contributed by atoms with E-state index in [2.05, 4.69) is 10.3 Å². The summed E-state index contributed by atoms with van der Waals surface area (Å²) in [6.45, 7) is 0. The van der Waals surface area contributed by atoms with Crippen molar-refractivity contribution in [3.05, 3.63) is 63.4 Å². The van der Waals surface area contributed by atoms with Crippen LogP contribution >= 0.6 is 23.2 Å². The van der Waals surface area contributed by atoms with Gasteiger partial charge >= 0.3 is 0 Å². The summed E-state index contributed by atoms with van der Waals surface area (Å²) in [5, 5.41) is 2.38. The zero-order valence-corrected chi connectivity index (χ0v) is 13.2. The molecule has 1 N–H and O–H groups in total. The Balaban J connectivity index is 1.83. The van der Waals surface area contributed by atoms with Crippen molar-refractivity contribution in [2.75, 3.05) is 5.32 Å². The monoisotopic (exact) mass is 354 g/mol. The Bertz CT molecular complexity index is 837. The highest BCUT2D eigenvalue weighted by Crippen LogP contribution is 2.35. The van der Waals surface area contributed by atoms with Crippen LogP contribution in [0, 0.1) is 11.6 Å². The molecule has 2 aromatic rings. The number of rotatable bonds is 3. The van der Waals surface area contributed by atoms with Crippen molar-refractivity contribution < 1.29 is 13.6 Å². The van der Waals surface area contributed by atoms with Gasteiger partial charge < -0.3 is 5.32 Å². The summed E-state index contributed by atoms with van der Waals surface area (Å²) in [7, 11) is 0. The van der Waals surface area contributed by atoms with Crippen molar-refractivity contribution in [3.63, 3.8) is 0 Å². The van der Waals surface area contributed by atoms with Crippen LogP contribution in [0.15, 0.2) is 30.5 Å². The quantitative estimate of drug-likeness (QED) is 0.644. The van der Waals surface area contributed by atoms with Gasteiger partial charge in [0, 0.05) is 17.3 Å². The van der Waals surface area contributed by atoms with E-state index < -0.39 is 11.6 Å². The molecule has 0 spiro atoms. The number of nitrogens with zero attached hydrogens (tertiary/aromatic N) is 1. The number of carbonyl (C=O) groups excluding carboxylic acids is 1. The van der Waals surface area contributed by atoms with Crippen molar-refractivity contribution in [1.82, 2.24) is 4.98 Å². The van der Waals surface area contributed by atoms with Gasteiger partial charge in [0.25, 0.3) is 5.91 Å². The van der Waals surface area contributed by atoms with Crippen LogP contribution in [-0.4, -0.2) is 10.9 Å². The molecule has 0 bridgehead atoms. The first-order chi connectivity index (χ1) is 11.0. The molecule has 0 atom stereocenters. The molecule has 1 aliphatic heterocycles. The Hall–Kier alpha value is -1.98. The average molecular weight is 355 g/mol. The van der Waals surface area contributed by atoms with E-state index in [1.165, 1.54) is 24.4 Å². The number of hydrogen-bond acceptors (Lipinski definition) is 2. The van der Waals surface area contributed by atoms with Gasteiger partial charge in [0.1, 0.15) is 5.82 Å². The van der Waals surface area contributed by atoms with E-state index in [-0.39, 0.29) is 16.1 Å². The number of halogens is 4. The summed E-state index contributed by atoms with van der Waals surface area (Å²) in [4.78, 5) is 15.6. The standard InChI is InChI=1S/C16H10Cl2F2N2O/c17-11-7-13-10(6-12(11)19)9(16(23)22-13)3-1-2-8-4-5-21-15(18)14(8)20/h3-7H,1-2H2,(H,22,23)/b9-3+. The molecule has 118 valence electrons. The Morgan fingerprint density at radius 1 is 1.26 bits per heavy atom. The molecule has 23 heavy (non-hydrogen) atoms. The first-order valence-electron chi connectivity index (χ1n) is 6.77. The molecule has 0 fully saturated rings. The highest BCUT2D eigenvalue weighted by Gasteiger charge is 2.25. The van der Waals surface area contributed by atoms with Gasteiger partial charge in [-0.05, 0) is 36.6 Å². The van der Waals surface area contributed by atoms with E-state index in [9.17, 15) is 13.6 Å². The SMILES string of the molecule is O=C1Nc2cc(Cl)c(F)cc2/C1=C\CCc1ccnc(Cl)c1F. The topological polar surface area (TPSA) is 42.0 Å². The minimum Gasteiger partial charge on any atom is -0.321 e. The van der Waals surface area contributed by atoms with Gasteiger partial charge in [-0.15, -0.1) is 0 Å². The summed E-state index contributed by atoms with van der Waals surface area (Å²) in [5.74, 6) is -1.50. The van der Waals surface area contributed by atoms with Crippen LogP contribution in [0.3, 0.4) is 0 Å². The van der Waals surface area contributed by atoms with Gasteiger partial charge in [0.15, 0.2) is 11.0 Å². The molecule has 0 saturated carbocycles. The van der Waals surface area contributed by atoms with Crippen molar-refractivity contribution in [1.29, 1.82) is 0 Å². The van der Waals surface area contributed by atoms with E-state index in [1.807, 2.05) is 0 Å². The largest absolute Gasteiger partial charge is 0.321 e. The molecule has 7 heteroatoms. The number of nitrogens with one attached hydrogen (secondary N) is 1. The maximum Gasteiger partial charge on any atom is 0.256 e. The van der Waals surface area contributed by atoms with Crippen LogP contribution in [-0.2, 0) is 11.2 Å². The first-order valence-corrected chi connectivity index (χ1v) is 7.52. The molecular formula is C16H10Cl2F2N2O. The second-order valence-electron chi connectivity index (χ2n) is 5.00. The highest BCUT2D eigenvalue weighted by atomic mass is 35.5. The fraction of sp³-hybridized carbons (Fsp3) is 0.125. The third-order valence-corrected chi connectivity index (χ3v) is 4.09. The molecule has 0 unspecified atom stereocenters. The lowest BCUT2D eigenvalue weighted by molar-refractivity contribution is -0.110. The zero-order valence-electron chi connectivity index (χ0n) is 11.7. The van der Waals surface area contributed by atoms with Crippen LogP contribution in [0.2, 0.25) is 10.2 Å². The summed E-state index contributed by atoms with van der Waals surface area (Å²) >= 11 is 11.3. The summed E-state index contributed by atoms with van der Waals surface area (Å²) in [6, 6.07) is 4.11. The number of fused-ring (bicyclic) bond motifs is 1. The third-order valence-electron chi connectivity index (χ3n) is 3.53. The van der Waals surface area contributed by atoms with E-state index in [0.29, 0.717) is 35.2 Å². The zero-order chi connectivity index (χ0) is 16.6. The van der Waals surface area contributed by atoms with Crippen molar-refractivity contribution in [3.8, 4) is 0 Å². The van der Waals surface area contributed by atoms with Crippen LogP contribution in [0.1, 0.15) is 17.5 Å². The van der Waals surface area contributed by atoms with Gasteiger partial charge in [-0.2, -0.15) is 0 Å². The summed E-state index contributed by atoms with van der Waals surface area (Å²) in [6.07, 6.45) is 3.80. The highest BCUT2D eigenvalue weighted by molar-refractivity contribution is 6.34. The summed E-state index contributed by atoms with van der Waals surface area (Å²) in [5.41, 5.74) is 1.66. The van der Waals surface area contributed by atoms with Crippen LogP contribution in [0.25, 0.3) is 5.57 Å². The average Bonchev–Trinajstić information content (AvgIpc) is 2.79. The Morgan fingerprint density at radius 3 is 2.83 bits per heavy atom. The number of aryl methyl sites for hydroxylation is 1. The number of carbonyl (C=O) groups is 1. The molecule has 1 aromatic carbocycles. The van der Waals surface area contributed by atoms with Crippen molar-refractivity contribution in [2.24, 2.45) is 0 Å². The number of aromatic nitrogens is 1. The second kappa shape index (κ2) is 6.26. The lowest BCUT2D eigenvalue weighted by Gasteiger charge is -2.03. The van der Waals surface area contributed by atoms with Crippen LogP contribution in [0.5, 0.6) is 0 Å². The van der Waals surface area contributed by atoms with E-state index >= 15 is 0 Å². The number of pyridine rings is 1. The van der Waals surface area contributed by atoms with E-state index in [0.717, 1.165) is 0 Å². The number of benzene rings is 1. The minimum absolute atomic E-state index is 0.0567. The molecule has 3 nitrogen and oxygen atoms in total. The maximum atomic E-state index is 13.8. The fourth-order valence-electron chi connectivity index (χ4n) is 2.41. The second-order valence-corrected chi connectivity index (χ2v) is 5.76. The molecule has 3 rings (SSSR count). The molecule has 1 aliphatic rings. The fourth-order valence-corrected chi connectivity index (χ4v) is 2.75. The Labute approximate surface area is 140 Å². The Morgan fingerprint density at radius 2 is 2.04 bits per heavy atom. The molecule has 0 radical (unpaired) electrons. The number of anilines is 1.